The second-order valence-corrected chi connectivity index (χ2v) is 8.36. The number of hydrogen-bond acceptors (Lipinski definition) is 5. The predicted octanol–water partition coefficient (Wildman–Crippen LogP) is 0.0428. The molecule has 2 aliphatic rings. The molecule has 0 bridgehead atoms. The highest BCUT2D eigenvalue weighted by Crippen LogP contribution is 2.24. The summed E-state index contributed by atoms with van der Waals surface area (Å²) in [4.78, 5) is 15.5. The number of carbonyl (C=O) groups is 1. The van der Waals surface area contributed by atoms with Gasteiger partial charge in [0.1, 0.15) is 0 Å². The highest BCUT2D eigenvalue weighted by atomic mass is 32.2. The van der Waals surface area contributed by atoms with Crippen LogP contribution in [-0.4, -0.2) is 78.6 Å². The van der Waals surface area contributed by atoms with Crippen molar-refractivity contribution < 1.29 is 18.3 Å². The predicted molar refractivity (Wildman–Crippen MR) is 76.5 cm³/mol. The molecule has 2 fully saturated rings. The highest BCUT2D eigenvalue weighted by molar-refractivity contribution is 7.91. The van der Waals surface area contributed by atoms with E-state index in [1.807, 2.05) is 0 Å². The van der Waals surface area contributed by atoms with Gasteiger partial charge in [-0.05, 0) is 20.3 Å². The molecule has 116 valence electrons. The maximum atomic E-state index is 11.7. The zero-order valence-electron chi connectivity index (χ0n) is 12.2. The van der Waals surface area contributed by atoms with Gasteiger partial charge < -0.3 is 5.11 Å². The second-order valence-electron chi connectivity index (χ2n) is 6.14. The Balaban J connectivity index is 2.07. The Bertz CT molecular complexity index is 463. The Morgan fingerprint density at radius 2 is 2.05 bits per heavy atom. The van der Waals surface area contributed by atoms with Crippen LogP contribution in [-0.2, 0) is 14.6 Å². The largest absolute Gasteiger partial charge is 0.481 e. The molecular formula is C13H24N2O4S. The molecule has 2 heterocycles. The zero-order valence-corrected chi connectivity index (χ0v) is 13.0. The van der Waals surface area contributed by atoms with Crippen molar-refractivity contribution in [3.8, 4) is 0 Å². The molecule has 0 spiro atoms. The van der Waals surface area contributed by atoms with Crippen LogP contribution in [0.4, 0.5) is 0 Å². The summed E-state index contributed by atoms with van der Waals surface area (Å²) in [6.45, 7) is 6.69. The van der Waals surface area contributed by atoms with Crippen LogP contribution in [0.2, 0.25) is 0 Å². The smallest absolute Gasteiger partial charge is 0.304 e. The van der Waals surface area contributed by atoms with Crippen molar-refractivity contribution in [1.29, 1.82) is 0 Å². The third kappa shape index (κ3) is 3.71. The molecule has 0 radical (unpaired) electrons. The molecular weight excluding hydrogens is 280 g/mol. The molecule has 2 aliphatic heterocycles. The van der Waals surface area contributed by atoms with Gasteiger partial charge in [0.05, 0.1) is 17.9 Å². The standard InChI is InChI=1S/C13H24N2O4S/c1-10(2)14-4-3-11(8-14)15-5-6-20(18,19)9-12(15)7-13(16)17/h10-12H,3-9H2,1-2H3,(H,16,17). The van der Waals surface area contributed by atoms with Gasteiger partial charge in [0.25, 0.3) is 0 Å². The molecule has 2 unspecified atom stereocenters. The van der Waals surface area contributed by atoms with Crippen LogP contribution >= 0.6 is 0 Å². The summed E-state index contributed by atoms with van der Waals surface area (Å²) >= 11 is 0. The van der Waals surface area contributed by atoms with Crippen LogP contribution in [0.25, 0.3) is 0 Å². The zero-order chi connectivity index (χ0) is 14.9. The lowest BCUT2D eigenvalue weighted by molar-refractivity contribution is -0.138. The molecule has 0 saturated carbocycles. The van der Waals surface area contributed by atoms with Gasteiger partial charge in [0, 0.05) is 37.8 Å². The first-order valence-electron chi connectivity index (χ1n) is 7.20. The summed E-state index contributed by atoms with van der Waals surface area (Å²) in [7, 11) is -3.09. The fourth-order valence-electron chi connectivity index (χ4n) is 3.27. The number of likely N-dealkylation sites (tertiary alicyclic amines) is 1. The van der Waals surface area contributed by atoms with Crippen molar-refractivity contribution in [2.45, 2.75) is 44.8 Å². The lowest BCUT2D eigenvalue weighted by atomic mass is 10.1. The van der Waals surface area contributed by atoms with Gasteiger partial charge in [-0.1, -0.05) is 0 Å². The average Bonchev–Trinajstić information content (AvgIpc) is 2.76. The summed E-state index contributed by atoms with van der Waals surface area (Å²) < 4.78 is 23.5. The second kappa shape index (κ2) is 5.99. The Labute approximate surface area is 120 Å². The van der Waals surface area contributed by atoms with Gasteiger partial charge in [0.2, 0.25) is 0 Å². The highest BCUT2D eigenvalue weighted by Gasteiger charge is 2.39. The van der Waals surface area contributed by atoms with Crippen molar-refractivity contribution in [1.82, 2.24) is 9.80 Å². The number of carboxylic acids is 1. The van der Waals surface area contributed by atoms with E-state index in [9.17, 15) is 13.2 Å². The summed E-state index contributed by atoms with van der Waals surface area (Å²) in [5.41, 5.74) is 0. The SMILES string of the molecule is CC(C)N1CCC(N2CCS(=O)(=O)CC2CC(=O)O)C1. The van der Waals surface area contributed by atoms with Crippen LogP contribution in [0.5, 0.6) is 0 Å². The Kier molecular flexibility index (Phi) is 4.71. The van der Waals surface area contributed by atoms with Crippen LogP contribution in [0.3, 0.4) is 0 Å². The number of aliphatic carboxylic acids is 1. The van der Waals surface area contributed by atoms with Crippen LogP contribution in [0.1, 0.15) is 26.7 Å². The first-order chi connectivity index (χ1) is 9.28. The minimum absolute atomic E-state index is 0.0164. The average molecular weight is 304 g/mol. The lowest BCUT2D eigenvalue weighted by Gasteiger charge is -2.39. The van der Waals surface area contributed by atoms with Gasteiger partial charge in [-0.3, -0.25) is 14.6 Å². The van der Waals surface area contributed by atoms with Crippen LogP contribution < -0.4 is 0 Å². The molecule has 0 aromatic rings. The first-order valence-corrected chi connectivity index (χ1v) is 9.02. The first kappa shape index (κ1) is 15.7. The van der Waals surface area contributed by atoms with E-state index in [2.05, 4.69) is 23.6 Å². The van der Waals surface area contributed by atoms with Gasteiger partial charge in [0.15, 0.2) is 9.84 Å². The quantitative estimate of drug-likeness (QED) is 0.790. The summed E-state index contributed by atoms with van der Waals surface area (Å²) in [6, 6.07) is 0.395. The fourth-order valence-corrected chi connectivity index (χ4v) is 4.82. The summed E-state index contributed by atoms with van der Waals surface area (Å²) in [5, 5.41) is 9.00. The fraction of sp³-hybridized carbons (Fsp3) is 0.923. The normalized spacial score (nSPS) is 31.8. The Hall–Kier alpha value is -0.660. The number of sulfone groups is 1. The van der Waals surface area contributed by atoms with Crippen molar-refractivity contribution in [3.63, 3.8) is 0 Å². The van der Waals surface area contributed by atoms with E-state index in [0.717, 1.165) is 19.5 Å². The minimum atomic E-state index is -3.09. The van der Waals surface area contributed by atoms with Gasteiger partial charge in [-0.15, -0.1) is 0 Å². The number of carboxylic acid groups (broad SMARTS) is 1. The van der Waals surface area contributed by atoms with E-state index in [4.69, 9.17) is 5.11 Å². The monoisotopic (exact) mass is 304 g/mol. The van der Waals surface area contributed by atoms with Crippen LogP contribution in [0.15, 0.2) is 0 Å². The Morgan fingerprint density at radius 3 is 2.60 bits per heavy atom. The van der Waals surface area contributed by atoms with E-state index in [0.29, 0.717) is 12.6 Å². The van der Waals surface area contributed by atoms with Crippen molar-refractivity contribution in [2.75, 3.05) is 31.1 Å². The molecule has 0 aliphatic carbocycles. The molecule has 7 heteroatoms. The van der Waals surface area contributed by atoms with E-state index in [1.54, 1.807) is 0 Å². The van der Waals surface area contributed by atoms with Crippen LogP contribution in [0, 0.1) is 0 Å². The molecule has 0 aromatic heterocycles. The van der Waals surface area contributed by atoms with E-state index < -0.39 is 15.8 Å². The maximum absolute atomic E-state index is 11.7. The molecule has 2 rings (SSSR count). The van der Waals surface area contributed by atoms with Gasteiger partial charge >= 0.3 is 5.97 Å². The molecule has 1 N–H and O–H groups in total. The van der Waals surface area contributed by atoms with Gasteiger partial charge in [-0.25, -0.2) is 8.42 Å². The molecule has 2 atom stereocenters. The van der Waals surface area contributed by atoms with Gasteiger partial charge in [-0.2, -0.15) is 0 Å². The molecule has 2 saturated heterocycles. The molecule has 0 amide bonds. The Morgan fingerprint density at radius 1 is 1.35 bits per heavy atom. The number of rotatable bonds is 4. The number of nitrogens with zero attached hydrogens (tertiary/aromatic N) is 2. The van der Waals surface area contributed by atoms with E-state index in [-0.39, 0.29) is 30.0 Å². The van der Waals surface area contributed by atoms with E-state index in [1.165, 1.54) is 0 Å². The molecule has 20 heavy (non-hydrogen) atoms. The summed E-state index contributed by atoms with van der Waals surface area (Å²) in [5.74, 6) is -0.783. The molecule has 6 nitrogen and oxygen atoms in total. The number of hydrogen-bond donors (Lipinski definition) is 1. The minimum Gasteiger partial charge on any atom is -0.481 e. The van der Waals surface area contributed by atoms with Crippen molar-refractivity contribution >= 4 is 15.8 Å². The third-order valence-corrected chi connectivity index (χ3v) is 6.08. The van der Waals surface area contributed by atoms with Crippen molar-refractivity contribution in [3.05, 3.63) is 0 Å². The van der Waals surface area contributed by atoms with Crippen molar-refractivity contribution in [2.24, 2.45) is 0 Å². The third-order valence-electron chi connectivity index (χ3n) is 4.38. The molecule has 0 aromatic carbocycles. The topological polar surface area (TPSA) is 77.9 Å². The lowest BCUT2D eigenvalue weighted by Crippen LogP contribution is -2.54. The maximum Gasteiger partial charge on any atom is 0.304 e. The van der Waals surface area contributed by atoms with E-state index >= 15 is 0 Å². The summed E-state index contributed by atoms with van der Waals surface area (Å²) in [6.07, 6.45) is 0.908.